The highest BCUT2D eigenvalue weighted by atomic mass is 79.9. The van der Waals surface area contributed by atoms with Gasteiger partial charge in [-0.15, -0.1) is 0 Å². The van der Waals surface area contributed by atoms with Crippen LogP contribution in [-0.4, -0.2) is 14.2 Å². The third-order valence-corrected chi connectivity index (χ3v) is 1.93. The van der Waals surface area contributed by atoms with Crippen LogP contribution in [0.3, 0.4) is 0 Å². The SMILES string of the molecule is COc1ccc(/C=C\Br)cc1OC. The lowest BCUT2D eigenvalue weighted by atomic mass is 10.2. The molecule has 0 N–H and O–H groups in total. The summed E-state index contributed by atoms with van der Waals surface area (Å²) in [7, 11) is 3.25. The van der Waals surface area contributed by atoms with Gasteiger partial charge in [-0.05, 0) is 28.8 Å². The van der Waals surface area contributed by atoms with Gasteiger partial charge in [-0.2, -0.15) is 0 Å². The molecule has 0 atom stereocenters. The molecular weight excluding hydrogens is 232 g/mol. The lowest BCUT2D eigenvalue weighted by molar-refractivity contribution is 0.355. The molecule has 1 aromatic rings. The van der Waals surface area contributed by atoms with Crippen LogP contribution < -0.4 is 9.47 Å². The predicted octanol–water partition coefficient (Wildman–Crippen LogP) is 3.07. The first-order valence-corrected chi connectivity index (χ1v) is 4.72. The molecule has 0 spiro atoms. The summed E-state index contributed by atoms with van der Waals surface area (Å²) in [5, 5.41) is 0. The maximum atomic E-state index is 5.15. The zero-order valence-electron chi connectivity index (χ0n) is 7.58. The Hall–Kier alpha value is -0.960. The molecule has 2 nitrogen and oxygen atoms in total. The summed E-state index contributed by atoms with van der Waals surface area (Å²) in [4.78, 5) is 1.80. The molecule has 70 valence electrons. The number of hydrogen-bond donors (Lipinski definition) is 0. The number of rotatable bonds is 3. The van der Waals surface area contributed by atoms with E-state index in [-0.39, 0.29) is 0 Å². The molecule has 3 heteroatoms. The van der Waals surface area contributed by atoms with Gasteiger partial charge >= 0.3 is 0 Å². The van der Waals surface area contributed by atoms with E-state index in [4.69, 9.17) is 9.47 Å². The van der Waals surface area contributed by atoms with Gasteiger partial charge in [-0.1, -0.05) is 22.0 Å². The highest BCUT2D eigenvalue weighted by Gasteiger charge is 2.01. The van der Waals surface area contributed by atoms with Gasteiger partial charge in [-0.3, -0.25) is 0 Å². The third-order valence-electron chi connectivity index (χ3n) is 1.66. The van der Waals surface area contributed by atoms with E-state index in [1.54, 1.807) is 19.2 Å². The zero-order chi connectivity index (χ0) is 9.68. The van der Waals surface area contributed by atoms with Crippen LogP contribution in [0.2, 0.25) is 0 Å². The molecule has 0 saturated carbocycles. The molecule has 0 radical (unpaired) electrons. The molecule has 0 fully saturated rings. The summed E-state index contributed by atoms with van der Waals surface area (Å²) < 4.78 is 10.3. The Morgan fingerprint density at radius 3 is 2.38 bits per heavy atom. The van der Waals surface area contributed by atoms with Crippen molar-refractivity contribution in [1.82, 2.24) is 0 Å². The van der Waals surface area contributed by atoms with E-state index >= 15 is 0 Å². The summed E-state index contributed by atoms with van der Waals surface area (Å²) in [6.45, 7) is 0. The van der Waals surface area contributed by atoms with Crippen molar-refractivity contribution in [1.29, 1.82) is 0 Å². The Bertz CT molecular complexity index is 308. The molecular formula is C10H11BrO2. The standard InChI is InChI=1S/C10H11BrO2/c1-12-9-4-3-8(5-6-11)7-10(9)13-2/h3-7H,1-2H3/b6-5-. The summed E-state index contributed by atoms with van der Waals surface area (Å²) in [6.07, 6.45) is 1.93. The molecule has 0 bridgehead atoms. The summed E-state index contributed by atoms with van der Waals surface area (Å²) in [6, 6.07) is 5.75. The molecule has 0 amide bonds. The monoisotopic (exact) mass is 242 g/mol. The lowest BCUT2D eigenvalue weighted by Crippen LogP contribution is -1.90. The molecule has 0 saturated heterocycles. The van der Waals surface area contributed by atoms with Crippen molar-refractivity contribution >= 4 is 22.0 Å². The van der Waals surface area contributed by atoms with E-state index in [0.717, 1.165) is 17.1 Å². The fourth-order valence-corrected chi connectivity index (χ4v) is 1.33. The highest BCUT2D eigenvalue weighted by molar-refractivity contribution is 9.11. The van der Waals surface area contributed by atoms with Gasteiger partial charge in [0, 0.05) is 0 Å². The molecule has 1 aromatic carbocycles. The first-order chi connectivity index (χ1) is 6.31. The highest BCUT2D eigenvalue weighted by Crippen LogP contribution is 2.27. The first kappa shape index (κ1) is 10.1. The summed E-state index contributed by atoms with van der Waals surface area (Å²) in [5.74, 6) is 1.49. The number of halogens is 1. The second-order valence-corrected chi connectivity index (χ2v) is 2.94. The van der Waals surface area contributed by atoms with Gasteiger partial charge in [0.15, 0.2) is 11.5 Å². The topological polar surface area (TPSA) is 18.5 Å². The van der Waals surface area contributed by atoms with Crippen molar-refractivity contribution in [2.24, 2.45) is 0 Å². The summed E-state index contributed by atoms with van der Waals surface area (Å²) in [5.41, 5.74) is 1.06. The number of methoxy groups -OCH3 is 2. The van der Waals surface area contributed by atoms with Crippen molar-refractivity contribution in [2.45, 2.75) is 0 Å². The fourth-order valence-electron chi connectivity index (χ4n) is 1.03. The second kappa shape index (κ2) is 4.92. The van der Waals surface area contributed by atoms with Crippen LogP contribution in [0.1, 0.15) is 5.56 Å². The minimum atomic E-state index is 0.741. The summed E-state index contributed by atoms with van der Waals surface area (Å²) >= 11 is 3.22. The molecule has 13 heavy (non-hydrogen) atoms. The number of hydrogen-bond acceptors (Lipinski definition) is 2. The van der Waals surface area contributed by atoms with Gasteiger partial charge in [0.25, 0.3) is 0 Å². The van der Waals surface area contributed by atoms with Crippen molar-refractivity contribution in [2.75, 3.05) is 14.2 Å². The lowest BCUT2D eigenvalue weighted by Gasteiger charge is -2.07. The minimum absolute atomic E-state index is 0.741. The van der Waals surface area contributed by atoms with Crippen LogP contribution >= 0.6 is 15.9 Å². The van der Waals surface area contributed by atoms with E-state index < -0.39 is 0 Å². The van der Waals surface area contributed by atoms with Gasteiger partial charge in [0.05, 0.1) is 14.2 Å². The quantitative estimate of drug-likeness (QED) is 0.812. The zero-order valence-corrected chi connectivity index (χ0v) is 9.17. The Balaban J connectivity index is 3.05. The molecule has 0 aliphatic carbocycles. The first-order valence-electron chi connectivity index (χ1n) is 3.80. The van der Waals surface area contributed by atoms with Crippen LogP contribution in [-0.2, 0) is 0 Å². The Labute approximate surface area is 86.3 Å². The van der Waals surface area contributed by atoms with E-state index in [0.29, 0.717) is 0 Å². The van der Waals surface area contributed by atoms with Crippen LogP contribution in [0.4, 0.5) is 0 Å². The number of benzene rings is 1. The van der Waals surface area contributed by atoms with Crippen LogP contribution in [0.15, 0.2) is 23.2 Å². The number of ether oxygens (including phenoxy) is 2. The molecule has 0 aliphatic heterocycles. The smallest absolute Gasteiger partial charge is 0.161 e. The minimum Gasteiger partial charge on any atom is -0.493 e. The Morgan fingerprint density at radius 2 is 1.85 bits per heavy atom. The van der Waals surface area contributed by atoms with Gasteiger partial charge in [0.1, 0.15) is 0 Å². The van der Waals surface area contributed by atoms with E-state index in [1.807, 2.05) is 24.3 Å². The molecule has 0 unspecified atom stereocenters. The van der Waals surface area contributed by atoms with E-state index in [2.05, 4.69) is 15.9 Å². The van der Waals surface area contributed by atoms with Crippen LogP contribution in [0.25, 0.3) is 6.08 Å². The van der Waals surface area contributed by atoms with Gasteiger partial charge < -0.3 is 9.47 Å². The average molecular weight is 243 g/mol. The maximum absolute atomic E-state index is 5.15. The van der Waals surface area contributed by atoms with E-state index in [9.17, 15) is 0 Å². The van der Waals surface area contributed by atoms with Crippen molar-refractivity contribution < 1.29 is 9.47 Å². The normalized spacial score (nSPS) is 10.4. The van der Waals surface area contributed by atoms with Crippen molar-refractivity contribution in [3.8, 4) is 11.5 Å². The largest absolute Gasteiger partial charge is 0.493 e. The second-order valence-electron chi connectivity index (χ2n) is 2.41. The Kier molecular flexibility index (Phi) is 3.83. The predicted molar refractivity (Wildman–Crippen MR) is 57.5 cm³/mol. The van der Waals surface area contributed by atoms with E-state index in [1.165, 1.54) is 0 Å². The molecule has 0 aliphatic rings. The molecule has 1 rings (SSSR count). The van der Waals surface area contributed by atoms with Gasteiger partial charge in [-0.25, -0.2) is 0 Å². The molecule has 0 aromatic heterocycles. The molecule has 0 heterocycles. The maximum Gasteiger partial charge on any atom is 0.161 e. The third kappa shape index (κ3) is 2.49. The van der Waals surface area contributed by atoms with Crippen LogP contribution in [0.5, 0.6) is 11.5 Å². The van der Waals surface area contributed by atoms with Crippen LogP contribution in [0, 0.1) is 0 Å². The Morgan fingerprint density at radius 1 is 1.15 bits per heavy atom. The van der Waals surface area contributed by atoms with Crippen molar-refractivity contribution in [3.63, 3.8) is 0 Å². The average Bonchev–Trinajstić information content (AvgIpc) is 2.18. The van der Waals surface area contributed by atoms with Crippen molar-refractivity contribution in [3.05, 3.63) is 28.7 Å². The van der Waals surface area contributed by atoms with Gasteiger partial charge in [0.2, 0.25) is 0 Å². The fraction of sp³-hybridized carbons (Fsp3) is 0.200.